The Bertz CT molecular complexity index is 960. The lowest BCUT2D eigenvalue weighted by molar-refractivity contribution is 0.0778. The predicted octanol–water partition coefficient (Wildman–Crippen LogP) is 3.20. The zero-order chi connectivity index (χ0) is 18.1. The van der Waals surface area contributed by atoms with Crippen LogP contribution in [0.4, 0.5) is 0 Å². The average molecular weight is 354 g/mol. The van der Waals surface area contributed by atoms with Gasteiger partial charge in [0.2, 0.25) is 9.84 Å². The first kappa shape index (κ1) is 17.3. The zero-order valence-corrected chi connectivity index (χ0v) is 14.7. The van der Waals surface area contributed by atoms with Gasteiger partial charge in [0.1, 0.15) is 0 Å². The monoisotopic (exact) mass is 354 g/mol. The van der Waals surface area contributed by atoms with E-state index in [1.54, 1.807) is 80.8 Å². The van der Waals surface area contributed by atoms with Gasteiger partial charge in [-0.2, -0.15) is 0 Å². The maximum Gasteiger partial charge on any atom is 0.206 e. The summed E-state index contributed by atoms with van der Waals surface area (Å²) in [6.07, 6.45) is 3.13. The van der Waals surface area contributed by atoms with Gasteiger partial charge in [-0.1, -0.05) is 18.2 Å². The van der Waals surface area contributed by atoms with Crippen molar-refractivity contribution >= 4 is 9.84 Å². The quantitative estimate of drug-likeness (QED) is 0.778. The fourth-order valence-electron chi connectivity index (χ4n) is 2.31. The summed E-state index contributed by atoms with van der Waals surface area (Å²) in [5, 5.41) is 9.94. The lowest BCUT2D eigenvalue weighted by Crippen LogP contribution is -2.16. The number of aromatic nitrogens is 2. The Kier molecular flexibility index (Phi) is 4.41. The maximum absolute atomic E-state index is 12.6. The van der Waals surface area contributed by atoms with Crippen LogP contribution in [-0.2, 0) is 15.4 Å². The van der Waals surface area contributed by atoms with E-state index in [-0.39, 0.29) is 9.79 Å². The molecule has 0 bridgehead atoms. The summed E-state index contributed by atoms with van der Waals surface area (Å²) in [5.74, 6) is 0.469. The molecular weight excluding hydrogens is 336 g/mol. The van der Waals surface area contributed by atoms with Crippen molar-refractivity contribution in [3.8, 4) is 11.4 Å². The Morgan fingerprint density at radius 1 is 0.840 bits per heavy atom. The number of hydrogen-bond donors (Lipinski definition) is 1. The lowest BCUT2D eigenvalue weighted by Gasteiger charge is -2.16. The van der Waals surface area contributed by atoms with Gasteiger partial charge in [-0.05, 0) is 50.2 Å². The third kappa shape index (κ3) is 3.60. The molecule has 128 valence electrons. The number of nitrogens with zero attached hydrogens (tertiary/aromatic N) is 2. The van der Waals surface area contributed by atoms with Crippen molar-refractivity contribution < 1.29 is 13.5 Å². The molecule has 0 amide bonds. The van der Waals surface area contributed by atoms with Crippen molar-refractivity contribution in [2.75, 3.05) is 0 Å². The number of sulfone groups is 1. The van der Waals surface area contributed by atoms with Gasteiger partial charge in [0, 0.05) is 23.5 Å². The molecule has 0 unspecified atom stereocenters. The van der Waals surface area contributed by atoms with Crippen molar-refractivity contribution in [1.29, 1.82) is 0 Å². The third-order valence-electron chi connectivity index (χ3n) is 3.83. The van der Waals surface area contributed by atoms with Crippen molar-refractivity contribution in [2.45, 2.75) is 29.2 Å². The number of hydrogen-bond acceptors (Lipinski definition) is 5. The molecule has 5 nitrogen and oxygen atoms in total. The van der Waals surface area contributed by atoms with Crippen LogP contribution in [0.3, 0.4) is 0 Å². The van der Waals surface area contributed by atoms with E-state index in [9.17, 15) is 13.5 Å². The van der Waals surface area contributed by atoms with Gasteiger partial charge in [0.15, 0.2) is 5.82 Å². The minimum atomic E-state index is -3.54. The second-order valence-electron chi connectivity index (χ2n) is 6.20. The van der Waals surface area contributed by atoms with E-state index in [1.165, 1.54) is 0 Å². The van der Waals surface area contributed by atoms with Crippen molar-refractivity contribution in [2.24, 2.45) is 0 Å². The van der Waals surface area contributed by atoms with Crippen molar-refractivity contribution in [3.63, 3.8) is 0 Å². The van der Waals surface area contributed by atoms with Crippen LogP contribution >= 0.6 is 0 Å². The van der Waals surface area contributed by atoms with E-state index in [4.69, 9.17) is 0 Å². The molecule has 0 saturated carbocycles. The highest BCUT2D eigenvalue weighted by molar-refractivity contribution is 7.91. The van der Waals surface area contributed by atoms with Gasteiger partial charge in [0.05, 0.1) is 15.4 Å². The van der Waals surface area contributed by atoms with E-state index >= 15 is 0 Å². The molecule has 0 aliphatic rings. The molecule has 25 heavy (non-hydrogen) atoms. The summed E-state index contributed by atoms with van der Waals surface area (Å²) in [4.78, 5) is 8.97. The molecule has 0 radical (unpaired) electrons. The summed E-state index contributed by atoms with van der Waals surface area (Å²) < 4.78 is 25.2. The Balaban J connectivity index is 1.90. The molecule has 6 heteroatoms. The molecule has 1 heterocycles. The minimum absolute atomic E-state index is 0.218. The van der Waals surface area contributed by atoms with E-state index in [0.29, 0.717) is 17.0 Å². The van der Waals surface area contributed by atoms with Crippen LogP contribution in [-0.4, -0.2) is 23.5 Å². The summed E-state index contributed by atoms with van der Waals surface area (Å²) >= 11 is 0. The van der Waals surface area contributed by atoms with Crippen LogP contribution < -0.4 is 0 Å². The number of benzene rings is 2. The molecule has 1 aromatic heterocycles. The number of rotatable bonds is 4. The maximum atomic E-state index is 12.6. The van der Waals surface area contributed by atoms with Crippen molar-refractivity contribution in [1.82, 2.24) is 9.97 Å². The molecule has 0 spiro atoms. The second-order valence-corrected chi connectivity index (χ2v) is 8.14. The Hall–Kier alpha value is -2.57. The molecule has 0 fully saturated rings. The summed E-state index contributed by atoms with van der Waals surface area (Å²) in [6.45, 7) is 3.32. The highest BCUT2D eigenvalue weighted by atomic mass is 32.2. The smallest absolute Gasteiger partial charge is 0.206 e. The van der Waals surface area contributed by atoms with Gasteiger partial charge in [-0.25, -0.2) is 18.4 Å². The Morgan fingerprint density at radius 3 is 1.88 bits per heavy atom. The first-order valence-corrected chi connectivity index (χ1v) is 9.22. The first-order valence-electron chi connectivity index (χ1n) is 7.74. The molecule has 1 N–H and O–H groups in total. The molecule has 0 saturated heterocycles. The fraction of sp³-hybridized carbons (Fsp3) is 0.158. The number of aliphatic hydroxyl groups is 1. The fourth-order valence-corrected chi connectivity index (χ4v) is 3.59. The average Bonchev–Trinajstić information content (AvgIpc) is 2.62. The molecule has 0 aliphatic carbocycles. The van der Waals surface area contributed by atoms with E-state index < -0.39 is 15.4 Å². The molecule has 3 aromatic rings. The van der Waals surface area contributed by atoms with Gasteiger partial charge in [-0.3, -0.25) is 0 Å². The minimum Gasteiger partial charge on any atom is -0.386 e. The molecule has 0 atom stereocenters. The summed E-state index contributed by atoms with van der Waals surface area (Å²) in [5.41, 5.74) is 0.306. The van der Waals surface area contributed by atoms with Crippen LogP contribution in [0.25, 0.3) is 11.4 Å². The molecule has 2 aromatic carbocycles. The second kappa shape index (κ2) is 6.38. The molecule has 0 aliphatic heterocycles. The van der Waals surface area contributed by atoms with Crippen molar-refractivity contribution in [3.05, 3.63) is 72.6 Å². The molecule has 3 rings (SSSR count). The SMILES string of the molecule is CC(C)(O)c1cnc(-c2ccc(S(=O)(=O)c3ccccc3)cc2)nc1. The van der Waals surface area contributed by atoms with E-state index in [0.717, 1.165) is 0 Å². The highest BCUT2D eigenvalue weighted by Gasteiger charge is 2.18. The predicted molar refractivity (Wildman–Crippen MR) is 94.6 cm³/mol. The van der Waals surface area contributed by atoms with Crippen LogP contribution in [0.1, 0.15) is 19.4 Å². The van der Waals surface area contributed by atoms with Gasteiger partial charge in [0.25, 0.3) is 0 Å². The highest BCUT2D eigenvalue weighted by Crippen LogP contribution is 2.24. The van der Waals surface area contributed by atoms with E-state index in [1.807, 2.05) is 0 Å². The lowest BCUT2D eigenvalue weighted by atomic mass is 10.0. The zero-order valence-electron chi connectivity index (χ0n) is 13.9. The molecular formula is C19H18N2O3S. The standard InChI is InChI=1S/C19H18N2O3S/c1-19(2,22)15-12-20-18(21-13-15)14-8-10-17(11-9-14)25(23,24)16-6-4-3-5-7-16/h3-13,22H,1-2H3. The van der Waals surface area contributed by atoms with Crippen LogP contribution in [0.15, 0.2) is 76.8 Å². The Morgan fingerprint density at radius 2 is 1.36 bits per heavy atom. The summed E-state index contributed by atoms with van der Waals surface area (Å²) in [6, 6.07) is 14.7. The van der Waals surface area contributed by atoms with Crippen LogP contribution in [0.5, 0.6) is 0 Å². The first-order chi connectivity index (χ1) is 11.8. The largest absolute Gasteiger partial charge is 0.386 e. The van der Waals surface area contributed by atoms with Gasteiger partial charge >= 0.3 is 0 Å². The normalized spacial score (nSPS) is 12.1. The Labute approximate surface area is 146 Å². The van der Waals surface area contributed by atoms with Crippen LogP contribution in [0.2, 0.25) is 0 Å². The third-order valence-corrected chi connectivity index (χ3v) is 5.62. The van der Waals surface area contributed by atoms with Gasteiger partial charge in [-0.15, -0.1) is 0 Å². The summed E-state index contributed by atoms with van der Waals surface area (Å²) in [7, 11) is -3.54. The van der Waals surface area contributed by atoms with Gasteiger partial charge < -0.3 is 5.11 Å². The van der Waals surface area contributed by atoms with Crippen LogP contribution in [0, 0.1) is 0 Å². The van der Waals surface area contributed by atoms with E-state index in [2.05, 4.69) is 9.97 Å². The topological polar surface area (TPSA) is 80.2 Å².